The first-order valence-electron chi connectivity index (χ1n) is 5.77. The minimum atomic E-state index is 0.174. The zero-order valence-electron chi connectivity index (χ0n) is 9.90. The zero-order chi connectivity index (χ0) is 12.0. The Bertz CT molecular complexity index is 789. The van der Waals surface area contributed by atoms with Gasteiger partial charge in [0.15, 0.2) is 0 Å². The molecule has 0 saturated carbocycles. The van der Waals surface area contributed by atoms with Gasteiger partial charge >= 0.3 is 0 Å². The van der Waals surface area contributed by atoms with E-state index in [2.05, 4.69) is 30.1 Å². The molecule has 0 radical (unpaired) electrons. The van der Waals surface area contributed by atoms with Gasteiger partial charge in [0.05, 0.1) is 5.35 Å². The number of carbonyl (C=O) groups is 1. The summed E-state index contributed by atoms with van der Waals surface area (Å²) in [6.07, 6.45) is 4.97. The third-order valence-electron chi connectivity index (χ3n) is 3.37. The molecule has 2 aliphatic carbocycles. The lowest BCUT2D eigenvalue weighted by molar-refractivity contribution is -0.103. The van der Waals surface area contributed by atoms with Crippen LogP contribution in [-0.4, -0.2) is 11.3 Å². The molecule has 3 rings (SSSR count). The highest BCUT2D eigenvalue weighted by Crippen LogP contribution is 2.12. The molecule has 2 heteroatoms. The van der Waals surface area contributed by atoms with Crippen LogP contribution in [0.3, 0.4) is 0 Å². The van der Waals surface area contributed by atoms with Gasteiger partial charge in [-0.2, -0.15) is 0 Å². The monoisotopic (exact) mass is 223 g/mol. The minimum absolute atomic E-state index is 0.174. The summed E-state index contributed by atoms with van der Waals surface area (Å²) < 4.78 is 0. The van der Waals surface area contributed by atoms with Gasteiger partial charge in [0, 0.05) is 22.9 Å². The Labute approximate surface area is 99.0 Å². The number of nitrogens with zero attached hydrogens (tertiary/aromatic N) is 1. The van der Waals surface area contributed by atoms with Gasteiger partial charge in [-0.05, 0) is 35.1 Å². The minimum Gasteiger partial charge on any atom is -0.298 e. The van der Waals surface area contributed by atoms with Crippen LogP contribution < -0.4 is 10.4 Å². The molecule has 0 amide bonds. The third kappa shape index (κ3) is 1.41. The van der Waals surface area contributed by atoms with Crippen LogP contribution in [0.15, 0.2) is 24.4 Å². The Morgan fingerprint density at radius 1 is 1.35 bits per heavy atom. The number of hydrogen-bond donors (Lipinski definition) is 0. The fourth-order valence-electron chi connectivity index (χ4n) is 2.53. The van der Waals surface area contributed by atoms with Crippen LogP contribution in [0, 0.1) is 23.4 Å². The van der Waals surface area contributed by atoms with E-state index in [0.717, 1.165) is 33.2 Å². The van der Waals surface area contributed by atoms with Crippen molar-refractivity contribution in [2.45, 2.75) is 13.8 Å². The molecular weight excluding hydrogens is 210 g/mol. The summed E-state index contributed by atoms with van der Waals surface area (Å²) in [4.78, 5) is 15.7. The van der Waals surface area contributed by atoms with E-state index in [1.807, 2.05) is 19.2 Å². The summed E-state index contributed by atoms with van der Waals surface area (Å²) in [7, 11) is 0. The van der Waals surface area contributed by atoms with Gasteiger partial charge in [0.1, 0.15) is 6.29 Å². The Morgan fingerprint density at radius 2 is 2.18 bits per heavy atom. The van der Waals surface area contributed by atoms with Crippen LogP contribution in [0.25, 0.3) is 11.6 Å². The number of carbonyl (C=O) groups excluding carboxylic acids is 1. The van der Waals surface area contributed by atoms with Crippen LogP contribution in [0.4, 0.5) is 0 Å². The molecule has 1 atom stereocenters. The lowest BCUT2D eigenvalue weighted by Crippen LogP contribution is -2.24. The average Bonchev–Trinajstić information content (AvgIpc) is 2.61. The van der Waals surface area contributed by atoms with Crippen LogP contribution in [0.1, 0.15) is 12.5 Å². The predicted molar refractivity (Wildman–Crippen MR) is 66.6 cm³/mol. The van der Waals surface area contributed by atoms with E-state index in [4.69, 9.17) is 0 Å². The molecule has 0 saturated heterocycles. The van der Waals surface area contributed by atoms with Crippen LogP contribution >= 0.6 is 0 Å². The topological polar surface area (TPSA) is 30.0 Å². The maximum Gasteiger partial charge on any atom is 0.147 e. The summed E-state index contributed by atoms with van der Waals surface area (Å²) in [5.74, 6) is 0.174. The van der Waals surface area contributed by atoms with Crippen molar-refractivity contribution < 1.29 is 4.79 Å². The normalized spacial score (nSPS) is 18.0. The van der Waals surface area contributed by atoms with Crippen molar-refractivity contribution >= 4 is 17.9 Å². The lowest BCUT2D eigenvalue weighted by Gasteiger charge is -2.09. The summed E-state index contributed by atoms with van der Waals surface area (Å²) in [5, 5.41) is 4.31. The van der Waals surface area contributed by atoms with Gasteiger partial charge in [-0.15, -0.1) is 0 Å². The fraction of sp³-hybridized carbons (Fsp3) is 0.200. The molecule has 0 aromatic heterocycles. The second kappa shape index (κ2) is 3.52. The molecule has 0 aromatic rings. The summed E-state index contributed by atoms with van der Waals surface area (Å²) in [6, 6.07) is 6.16. The third-order valence-corrected chi connectivity index (χ3v) is 3.37. The van der Waals surface area contributed by atoms with Gasteiger partial charge in [0.2, 0.25) is 0 Å². The van der Waals surface area contributed by atoms with Crippen molar-refractivity contribution in [3.63, 3.8) is 0 Å². The van der Waals surface area contributed by atoms with Crippen LogP contribution in [-0.2, 0) is 4.79 Å². The van der Waals surface area contributed by atoms with E-state index in [0.29, 0.717) is 0 Å². The summed E-state index contributed by atoms with van der Waals surface area (Å²) in [5.41, 5.74) is 1.94. The summed E-state index contributed by atoms with van der Waals surface area (Å²) in [6.45, 7) is 4.06. The smallest absolute Gasteiger partial charge is 0.147 e. The first-order chi connectivity index (χ1) is 8.20. The van der Waals surface area contributed by atoms with Crippen molar-refractivity contribution in [3.05, 3.63) is 51.0 Å². The van der Waals surface area contributed by atoms with E-state index in [1.54, 1.807) is 0 Å². The molecule has 0 bridgehead atoms. The quantitative estimate of drug-likeness (QED) is 0.672. The molecule has 3 aliphatic rings. The molecule has 2 nitrogen and oxygen atoms in total. The van der Waals surface area contributed by atoms with Crippen molar-refractivity contribution in [3.8, 4) is 0 Å². The zero-order valence-corrected chi connectivity index (χ0v) is 9.90. The predicted octanol–water partition coefficient (Wildman–Crippen LogP) is 0.895. The van der Waals surface area contributed by atoms with Crippen LogP contribution in [0.5, 0.6) is 0 Å². The molecule has 1 heterocycles. The lowest BCUT2D eigenvalue weighted by atomic mass is 9.94. The van der Waals surface area contributed by atoms with Gasteiger partial charge in [-0.3, -0.25) is 9.78 Å². The number of hydrogen-bond acceptors (Lipinski definition) is 2. The molecule has 17 heavy (non-hydrogen) atoms. The molecule has 0 spiro atoms. The highest BCUT2D eigenvalue weighted by Gasteiger charge is 2.12. The molecule has 1 unspecified atom stereocenters. The second-order valence-corrected chi connectivity index (χ2v) is 4.64. The maximum absolute atomic E-state index is 11.3. The molecular formula is C15H13NO. The van der Waals surface area contributed by atoms with E-state index in [1.165, 1.54) is 5.22 Å². The van der Waals surface area contributed by atoms with Gasteiger partial charge < -0.3 is 0 Å². The van der Waals surface area contributed by atoms with Gasteiger partial charge in [-0.1, -0.05) is 19.1 Å². The van der Waals surface area contributed by atoms with Gasteiger partial charge in [-0.25, -0.2) is 0 Å². The summed E-state index contributed by atoms with van der Waals surface area (Å²) >= 11 is 0. The second-order valence-electron chi connectivity index (χ2n) is 4.64. The molecule has 0 fully saturated rings. The van der Waals surface area contributed by atoms with Crippen molar-refractivity contribution in [1.29, 1.82) is 0 Å². The molecule has 0 aromatic carbocycles. The van der Waals surface area contributed by atoms with Crippen molar-refractivity contribution in [2.24, 2.45) is 5.92 Å². The van der Waals surface area contributed by atoms with E-state index < -0.39 is 0 Å². The SMILES string of the molecule is Cc1cnc2ccc3c=2c(c1)=C(C=O)C(C)C=3. The van der Waals surface area contributed by atoms with Crippen molar-refractivity contribution in [2.75, 3.05) is 0 Å². The Hall–Kier alpha value is -1.96. The van der Waals surface area contributed by atoms with E-state index >= 15 is 0 Å². The van der Waals surface area contributed by atoms with E-state index in [9.17, 15) is 4.79 Å². The highest BCUT2D eigenvalue weighted by molar-refractivity contribution is 6.01. The molecule has 1 aliphatic heterocycles. The number of aryl methyl sites for hydroxylation is 1. The van der Waals surface area contributed by atoms with Crippen molar-refractivity contribution in [1.82, 2.24) is 4.98 Å². The number of rotatable bonds is 1. The van der Waals surface area contributed by atoms with Gasteiger partial charge in [0.25, 0.3) is 0 Å². The molecule has 0 N–H and O–H groups in total. The number of aldehydes is 1. The van der Waals surface area contributed by atoms with Crippen LogP contribution in [0.2, 0.25) is 0 Å². The average molecular weight is 223 g/mol. The van der Waals surface area contributed by atoms with E-state index in [-0.39, 0.29) is 5.92 Å². The Balaban J connectivity index is 2.75. The molecule has 84 valence electrons. The Kier molecular flexibility index (Phi) is 2.11. The first-order valence-corrected chi connectivity index (χ1v) is 5.77. The first kappa shape index (κ1) is 10.2. The standard InChI is InChI=1S/C15H13NO/c1-9-5-12-13(8-17)10(2)6-11-3-4-14(15(11)12)16-7-9/h3-8,10H,1-2H3. The Morgan fingerprint density at radius 3 is 2.94 bits per heavy atom. The highest BCUT2D eigenvalue weighted by atomic mass is 16.1. The number of aromatic nitrogens is 1. The maximum atomic E-state index is 11.3. The largest absolute Gasteiger partial charge is 0.298 e. The fourth-order valence-corrected chi connectivity index (χ4v) is 2.53.